The molecular formula is C22H20N2O4. The van der Waals surface area contributed by atoms with Gasteiger partial charge >= 0.3 is 0 Å². The van der Waals surface area contributed by atoms with Crippen LogP contribution < -0.4 is 20.1 Å². The number of ether oxygens (including phenoxy) is 2. The quantitative estimate of drug-likeness (QED) is 0.676. The number of carbonyl (C=O) groups is 2. The average Bonchev–Trinajstić information content (AvgIpc) is 2.74. The van der Waals surface area contributed by atoms with Crippen molar-refractivity contribution in [2.24, 2.45) is 0 Å². The van der Waals surface area contributed by atoms with Crippen LogP contribution in [0.25, 0.3) is 0 Å². The van der Waals surface area contributed by atoms with Gasteiger partial charge in [0.1, 0.15) is 11.5 Å². The SMILES string of the molecule is COc1cccc(C(=O)Nc2ccccc2C(=O)Nc2ccccc2OC)c1. The van der Waals surface area contributed by atoms with Crippen molar-refractivity contribution in [2.75, 3.05) is 24.9 Å². The van der Waals surface area contributed by atoms with Crippen LogP contribution in [-0.2, 0) is 0 Å². The maximum Gasteiger partial charge on any atom is 0.257 e. The summed E-state index contributed by atoms with van der Waals surface area (Å²) in [5, 5.41) is 5.60. The predicted octanol–water partition coefficient (Wildman–Crippen LogP) is 4.21. The molecule has 0 bridgehead atoms. The first-order valence-electron chi connectivity index (χ1n) is 8.61. The zero-order chi connectivity index (χ0) is 19.9. The van der Waals surface area contributed by atoms with Crippen LogP contribution >= 0.6 is 0 Å². The van der Waals surface area contributed by atoms with Crippen molar-refractivity contribution < 1.29 is 19.1 Å². The minimum Gasteiger partial charge on any atom is -0.497 e. The lowest BCUT2D eigenvalue weighted by molar-refractivity contribution is 0.102. The molecule has 3 aromatic carbocycles. The molecule has 6 nitrogen and oxygen atoms in total. The molecule has 0 saturated carbocycles. The fourth-order valence-corrected chi connectivity index (χ4v) is 2.69. The van der Waals surface area contributed by atoms with Gasteiger partial charge in [-0.1, -0.05) is 30.3 Å². The number of amides is 2. The zero-order valence-corrected chi connectivity index (χ0v) is 15.6. The van der Waals surface area contributed by atoms with Crippen LogP contribution in [0.5, 0.6) is 11.5 Å². The predicted molar refractivity (Wildman–Crippen MR) is 108 cm³/mol. The van der Waals surface area contributed by atoms with E-state index in [2.05, 4.69) is 10.6 Å². The van der Waals surface area contributed by atoms with Gasteiger partial charge in [0, 0.05) is 5.56 Å². The lowest BCUT2D eigenvalue weighted by Gasteiger charge is -2.13. The summed E-state index contributed by atoms with van der Waals surface area (Å²) in [5.41, 5.74) is 1.72. The minimum absolute atomic E-state index is 0.337. The summed E-state index contributed by atoms with van der Waals surface area (Å²) in [4.78, 5) is 25.4. The fourth-order valence-electron chi connectivity index (χ4n) is 2.69. The molecule has 142 valence electrons. The third-order valence-corrected chi connectivity index (χ3v) is 4.11. The Bertz CT molecular complexity index is 1000. The molecule has 0 aromatic heterocycles. The molecule has 0 aliphatic carbocycles. The minimum atomic E-state index is -0.356. The summed E-state index contributed by atoms with van der Waals surface area (Å²) in [5.74, 6) is 0.436. The number of hydrogen-bond donors (Lipinski definition) is 2. The molecule has 0 atom stereocenters. The molecule has 0 spiro atoms. The Morgan fingerprint density at radius 1 is 0.714 bits per heavy atom. The van der Waals surface area contributed by atoms with Gasteiger partial charge in [-0.2, -0.15) is 0 Å². The van der Waals surface area contributed by atoms with Gasteiger partial charge in [0.05, 0.1) is 31.2 Å². The highest BCUT2D eigenvalue weighted by atomic mass is 16.5. The second kappa shape index (κ2) is 8.73. The van der Waals surface area contributed by atoms with Crippen molar-refractivity contribution in [3.05, 3.63) is 83.9 Å². The zero-order valence-electron chi connectivity index (χ0n) is 15.6. The molecule has 2 amide bonds. The monoisotopic (exact) mass is 376 g/mol. The normalized spacial score (nSPS) is 10.1. The van der Waals surface area contributed by atoms with Crippen LogP contribution in [0.1, 0.15) is 20.7 Å². The van der Waals surface area contributed by atoms with Crippen LogP contribution in [-0.4, -0.2) is 26.0 Å². The van der Waals surface area contributed by atoms with E-state index in [9.17, 15) is 9.59 Å². The molecule has 0 aliphatic rings. The smallest absolute Gasteiger partial charge is 0.257 e. The highest BCUT2D eigenvalue weighted by molar-refractivity contribution is 6.12. The van der Waals surface area contributed by atoms with Crippen molar-refractivity contribution in [1.82, 2.24) is 0 Å². The second-order valence-corrected chi connectivity index (χ2v) is 5.89. The standard InChI is InChI=1S/C22H20N2O4/c1-27-16-9-7-8-15(14-16)21(25)23-18-11-4-3-10-17(18)22(26)24-19-12-5-6-13-20(19)28-2/h3-14H,1-2H3,(H,23,25)(H,24,26). The molecule has 3 rings (SSSR count). The van der Waals surface area contributed by atoms with Gasteiger partial charge in [-0.3, -0.25) is 9.59 Å². The van der Waals surface area contributed by atoms with E-state index in [1.165, 1.54) is 14.2 Å². The Kier molecular flexibility index (Phi) is 5.91. The number of benzene rings is 3. The number of methoxy groups -OCH3 is 2. The maximum atomic E-state index is 12.8. The van der Waals surface area contributed by atoms with Crippen LogP contribution in [0.3, 0.4) is 0 Å². The highest BCUT2D eigenvalue weighted by Gasteiger charge is 2.16. The number of nitrogens with one attached hydrogen (secondary N) is 2. The second-order valence-electron chi connectivity index (χ2n) is 5.89. The topological polar surface area (TPSA) is 76.7 Å². The van der Waals surface area contributed by atoms with E-state index in [0.29, 0.717) is 34.0 Å². The number of rotatable bonds is 6. The largest absolute Gasteiger partial charge is 0.497 e. The fraction of sp³-hybridized carbons (Fsp3) is 0.0909. The molecular weight excluding hydrogens is 356 g/mol. The van der Waals surface area contributed by atoms with E-state index in [1.54, 1.807) is 66.7 Å². The van der Waals surface area contributed by atoms with Crippen LogP contribution in [0.15, 0.2) is 72.8 Å². The summed E-state index contributed by atoms with van der Waals surface area (Å²) in [6, 6.07) is 20.7. The van der Waals surface area contributed by atoms with Crippen LogP contribution in [0.2, 0.25) is 0 Å². The van der Waals surface area contributed by atoms with E-state index in [4.69, 9.17) is 9.47 Å². The molecule has 0 fully saturated rings. The molecule has 2 N–H and O–H groups in total. The van der Waals surface area contributed by atoms with Gasteiger partial charge in [0.2, 0.25) is 0 Å². The first-order valence-corrected chi connectivity index (χ1v) is 8.61. The third kappa shape index (κ3) is 4.29. The number of para-hydroxylation sites is 3. The number of anilines is 2. The summed E-state index contributed by atoms with van der Waals surface area (Å²) in [7, 11) is 3.07. The molecule has 28 heavy (non-hydrogen) atoms. The molecule has 0 heterocycles. The van der Waals surface area contributed by atoms with Crippen molar-refractivity contribution in [1.29, 1.82) is 0 Å². The van der Waals surface area contributed by atoms with Crippen molar-refractivity contribution in [3.63, 3.8) is 0 Å². The molecule has 0 aliphatic heterocycles. The van der Waals surface area contributed by atoms with Crippen molar-refractivity contribution in [3.8, 4) is 11.5 Å². The van der Waals surface area contributed by atoms with E-state index >= 15 is 0 Å². The summed E-state index contributed by atoms with van der Waals surface area (Å²) >= 11 is 0. The highest BCUT2D eigenvalue weighted by Crippen LogP contribution is 2.25. The lowest BCUT2D eigenvalue weighted by Crippen LogP contribution is -2.18. The van der Waals surface area contributed by atoms with E-state index in [1.807, 2.05) is 6.07 Å². The summed E-state index contributed by atoms with van der Waals surface area (Å²) in [6.45, 7) is 0. The number of carbonyl (C=O) groups excluding carboxylic acids is 2. The Labute approximate surface area is 163 Å². The maximum absolute atomic E-state index is 12.8. The van der Waals surface area contributed by atoms with E-state index in [0.717, 1.165) is 0 Å². The van der Waals surface area contributed by atoms with Gasteiger partial charge < -0.3 is 20.1 Å². The van der Waals surface area contributed by atoms with Gasteiger partial charge in [0.15, 0.2) is 0 Å². The summed E-state index contributed by atoms with van der Waals surface area (Å²) in [6.07, 6.45) is 0. The number of hydrogen-bond acceptors (Lipinski definition) is 4. The van der Waals surface area contributed by atoms with Crippen LogP contribution in [0, 0.1) is 0 Å². The molecule has 3 aromatic rings. The third-order valence-electron chi connectivity index (χ3n) is 4.11. The van der Waals surface area contributed by atoms with Gasteiger partial charge in [-0.25, -0.2) is 0 Å². The van der Waals surface area contributed by atoms with E-state index in [-0.39, 0.29) is 11.8 Å². The Hall–Kier alpha value is -3.80. The first kappa shape index (κ1) is 19.0. The van der Waals surface area contributed by atoms with E-state index < -0.39 is 0 Å². The lowest BCUT2D eigenvalue weighted by atomic mass is 10.1. The molecule has 0 saturated heterocycles. The first-order chi connectivity index (χ1) is 13.6. The van der Waals surface area contributed by atoms with Crippen LogP contribution in [0.4, 0.5) is 11.4 Å². The van der Waals surface area contributed by atoms with Crippen molar-refractivity contribution in [2.45, 2.75) is 0 Å². The van der Waals surface area contributed by atoms with Gasteiger partial charge in [0.25, 0.3) is 11.8 Å². The van der Waals surface area contributed by atoms with Crippen molar-refractivity contribution >= 4 is 23.2 Å². The Balaban J connectivity index is 1.82. The Morgan fingerprint density at radius 3 is 2.14 bits per heavy atom. The average molecular weight is 376 g/mol. The Morgan fingerprint density at radius 2 is 1.39 bits per heavy atom. The molecule has 0 unspecified atom stereocenters. The summed E-state index contributed by atoms with van der Waals surface area (Å²) < 4.78 is 10.4. The molecule has 6 heteroatoms. The molecule has 0 radical (unpaired) electrons. The van der Waals surface area contributed by atoms with Gasteiger partial charge in [-0.15, -0.1) is 0 Å². The van der Waals surface area contributed by atoms with Gasteiger partial charge in [-0.05, 0) is 42.5 Å².